The number of carbonyl (C=O) groups is 2. The van der Waals surface area contributed by atoms with Crippen LogP contribution in [0.25, 0.3) is 0 Å². The van der Waals surface area contributed by atoms with Crippen LogP contribution in [0.15, 0.2) is 18.2 Å². The van der Waals surface area contributed by atoms with Gasteiger partial charge in [0.25, 0.3) is 0 Å². The van der Waals surface area contributed by atoms with Crippen LogP contribution < -0.4 is 5.32 Å². The molecular formula is C15H17ClFNO3. The van der Waals surface area contributed by atoms with Gasteiger partial charge in [-0.1, -0.05) is 31.5 Å². The lowest BCUT2D eigenvalue weighted by molar-refractivity contribution is -0.140. The van der Waals surface area contributed by atoms with Crippen LogP contribution >= 0.6 is 11.6 Å². The molecule has 2 rings (SSSR count). The van der Waals surface area contributed by atoms with E-state index < -0.39 is 29.0 Å². The summed E-state index contributed by atoms with van der Waals surface area (Å²) >= 11 is 6.04. The predicted molar refractivity (Wildman–Crippen MR) is 76.7 cm³/mol. The minimum atomic E-state index is -0.934. The lowest BCUT2D eigenvalue weighted by Crippen LogP contribution is -2.38. The van der Waals surface area contributed by atoms with E-state index in [1.54, 1.807) is 6.07 Å². The molecular weight excluding hydrogens is 297 g/mol. The van der Waals surface area contributed by atoms with Crippen molar-refractivity contribution < 1.29 is 19.1 Å². The molecule has 2 unspecified atom stereocenters. The largest absolute Gasteiger partial charge is 0.481 e. The van der Waals surface area contributed by atoms with Crippen molar-refractivity contribution in [2.45, 2.75) is 25.7 Å². The van der Waals surface area contributed by atoms with Crippen LogP contribution in [0, 0.1) is 17.7 Å². The SMILES string of the molecule is CC(C)(CNC(=O)C1CC1C(=O)O)c1ccc(F)cc1Cl. The van der Waals surface area contributed by atoms with Crippen LogP contribution in [0.4, 0.5) is 4.39 Å². The smallest absolute Gasteiger partial charge is 0.307 e. The van der Waals surface area contributed by atoms with E-state index in [0.29, 0.717) is 18.0 Å². The second-order valence-electron chi connectivity index (χ2n) is 6.01. The summed E-state index contributed by atoms with van der Waals surface area (Å²) in [5.74, 6) is -2.61. The average Bonchev–Trinajstić information content (AvgIpc) is 3.15. The normalized spacial score (nSPS) is 21.0. The molecule has 114 valence electrons. The molecule has 1 fully saturated rings. The van der Waals surface area contributed by atoms with E-state index in [-0.39, 0.29) is 5.91 Å². The number of nitrogens with one attached hydrogen (secondary N) is 1. The topological polar surface area (TPSA) is 66.4 Å². The first-order chi connectivity index (χ1) is 9.72. The van der Waals surface area contributed by atoms with Gasteiger partial charge in [-0.25, -0.2) is 4.39 Å². The van der Waals surface area contributed by atoms with Crippen LogP contribution in [0.1, 0.15) is 25.8 Å². The number of aliphatic carboxylic acids is 1. The van der Waals surface area contributed by atoms with Gasteiger partial charge in [-0.05, 0) is 24.1 Å². The van der Waals surface area contributed by atoms with Crippen LogP contribution in [0.2, 0.25) is 5.02 Å². The Balaban J connectivity index is 1.98. The number of benzene rings is 1. The third kappa shape index (κ3) is 3.53. The summed E-state index contributed by atoms with van der Waals surface area (Å²) in [7, 11) is 0. The van der Waals surface area contributed by atoms with Gasteiger partial charge in [0.1, 0.15) is 5.82 Å². The molecule has 1 aromatic carbocycles. The molecule has 1 aliphatic rings. The van der Waals surface area contributed by atoms with Gasteiger partial charge in [0, 0.05) is 17.0 Å². The summed E-state index contributed by atoms with van der Waals surface area (Å²) in [4.78, 5) is 22.6. The van der Waals surface area contributed by atoms with Gasteiger partial charge < -0.3 is 10.4 Å². The first-order valence-electron chi connectivity index (χ1n) is 6.68. The van der Waals surface area contributed by atoms with Crippen LogP contribution in [-0.4, -0.2) is 23.5 Å². The van der Waals surface area contributed by atoms with E-state index in [1.807, 2.05) is 13.8 Å². The molecule has 2 N–H and O–H groups in total. The third-order valence-electron chi connectivity index (χ3n) is 3.81. The molecule has 0 heterocycles. The van der Waals surface area contributed by atoms with Gasteiger partial charge in [-0.2, -0.15) is 0 Å². The molecule has 1 saturated carbocycles. The van der Waals surface area contributed by atoms with Crippen molar-refractivity contribution in [2.75, 3.05) is 6.54 Å². The first-order valence-corrected chi connectivity index (χ1v) is 7.06. The minimum Gasteiger partial charge on any atom is -0.481 e. The molecule has 1 aromatic rings. The standard InChI is InChI=1S/C15H17ClFNO3/c1-15(2,11-4-3-8(17)5-12(11)16)7-18-13(19)9-6-10(9)14(20)21/h3-5,9-10H,6-7H2,1-2H3,(H,18,19)(H,20,21). The van der Waals surface area contributed by atoms with Crippen molar-refractivity contribution in [1.29, 1.82) is 0 Å². The molecule has 21 heavy (non-hydrogen) atoms. The zero-order valence-corrected chi connectivity index (χ0v) is 12.6. The minimum absolute atomic E-state index is 0.256. The Morgan fingerprint density at radius 2 is 2.10 bits per heavy atom. The Morgan fingerprint density at radius 3 is 2.62 bits per heavy atom. The molecule has 0 spiro atoms. The zero-order chi connectivity index (χ0) is 15.8. The Labute approximate surface area is 127 Å². The zero-order valence-electron chi connectivity index (χ0n) is 11.8. The van der Waals surface area contributed by atoms with Crippen molar-refractivity contribution in [3.63, 3.8) is 0 Å². The van der Waals surface area contributed by atoms with Gasteiger partial charge in [0.15, 0.2) is 0 Å². The van der Waals surface area contributed by atoms with E-state index in [2.05, 4.69) is 5.32 Å². The number of carboxylic acids is 1. The summed E-state index contributed by atoms with van der Waals surface area (Å²) in [5, 5.41) is 11.9. The Kier molecular flexibility index (Phi) is 4.23. The molecule has 0 radical (unpaired) electrons. The number of halogens is 2. The summed E-state index contributed by atoms with van der Waals surface area (Å²) < 4.78 is 13.1. The maximum Gasteiger partial charge on any atom is 0.307 e. The maximum absolute atomic E-state index is 13.1. The van der Waals surface area contributed by atoms with E-state index in [1.165, 1.54) is 12.1 Å². The Morgan fingerprint density at radius 1 is 1.43 bits per heavy atom. The van der Waals surface area contributed by atoms with Gasteiger partial charge in [0.2, 0.25) is 5.91 Å². The molecule has 4 nitrogen and oxygen atoms in total. The van der Waals surface area contributed by atoms with Gasteiger partial charge >= 0.3 is 5.97 Å². The summed E-state index contributed by atoms with van der Waals surface area (Å²) in [6, 6.07) is 4.16. The maximum atomic E-state index is 13.1. The molecule has 0 aliphatic heterocycles. The summed E-state index contributed by atoms with van der Waals surface area (Å²) in [5.41, 5.74) is 0.255. The molecule has 0 saturated heterocycles. The summed E-state index contributed by atoms with van der Waals surface area (Å²) in [6.07, 6.45) is 0.388. The second kappa shape index (κ2) is 5.64. The number of amides is 1. The number of hydrogen-bond acceptors (Lipinski definition) is 2. The Hall–Kier alpha value is -1.62. The highest BCUT2D eigenvalue weighted by Gasteiger charge is 2.48. The average molecular weight is 314 g/mol. The highest BCUT2D eigenvalue weighted by molar-refractivity contribution is 6.31. The van der Waals surface area contributed by atoms with Crippen molar-refractivity contribution in [3.8, 4) is 0 Å². The number of carboxylic acid groups (broad SMARTS) is 1. The van der Waals surface area contributed by atoms with Crippen molar-refractivity contribution in [2.24, 2.45) is 11.8 Å². The fraction of sp³-hybridized carbons (Fsp3) is 0.467. The van der Waals surface area contributed by atoms with Crippen molar-refractivity contribution >= 4 is 23.5 Å². The number of rotatable bonds is 5. The van der Waals surface area contributed by atoms with Gasteiger partial charge in [-0.15, -0.1) is 0 Å². The number of carbonyl (C=O) groups excluding carboxylic acids is 1. The molecule has 1 aliphatic carbocycles. The number of hydrogen-bond donors (Lipinski definition) is 2. The second-order valence-corrected chi connectivity index (χ2v) is 6.42. The van der Waals surface area contributed by atoms with Crippen molar-refractivity contribution in [3.05, 3.63) is 34.6 Å². The quantitative estimate of drug-likeness (QED) is 0.878. The fourth-order valence-electron chi connectivity index (χ4n) is 2.33. The predicted octanol–water partition coefficient (Wildman–Crippen LogP) is 2.59. The molecule has 0 bridgehead atoms. The monoisotopic (exact) mass is 313 g/mol. The van der Waals surface area contributed by atoms with Crippen LogP contribution in [-0.2, 0) is 15.0 Å². The van der Waals surface area contributed by atoms with Gasteiger partial charge in [-0.3, -0.25) is 9.59 Å². The van der Waals surface area contributed by atoms with Crippen LogP contribution in [0.3, 0.4) is 0 Å². The highest BCUT2D eigenvalue weighted by atomic mass is 35.5. The van der Waals surface area contributed by atoms with Crippen molar-refractivity contribution in [1.82, 2.24) is 5.32 Å². The van der Waals surface area contributed by atoms with E-state index in [0.717, 1.165) is 5.56 Å². The molecule has 6 heteroatoms. The highest BCUT2D eigenvalue weighted by Crippen LogP contribution is 2.39. The van der Waals surface area contributed by atoms with Crippen LogP contribution in [0.5, 0.6) is 0 Å². The fourth-order valence-corrected chi connectivity index (χ4v) is 2.75. The lowest BCUT2D eigenvalue weighted by Gasteiger charge is -2.26. The van der Waals surface area contributed by atoms with E-state index >= 15 is 0 Å². The van der Waals surface area contributed by atoms with E-state index in [4.69, 9.17) is 16.7 Å². The molecule has 1 amide bonds. The lowest BCUT2D eigenvalue weighted by atomic mass is 9.84. The molecule has 2 atom stereocenters. The molecule has 0 aromatic heterocycles. The summed E-state index contributed by atoms with van der Waals surface area (Å²) in [6.45, 7) is 4.07. The third-order valence-corrected chi connectivity index (χ3v) is 4.12. The van der Waals surface area contributed by atoms with E-state index in [9.17, 15) is 14.0 Å². The first kappa shape index (κ1) is 15.8. The van der Waals surface area contributed by atoms with Gasteiger partial charge in [0.05, 0.1) is 11.8 Å². The Bertz CT molecular complexity index is 588.